The zero-order valence-electron chi connectivity index (χ0n) is 17.5. The van der Waals surface area contributed by atoms with E-state index in [4.69, 9.17) is 15.2 Å². The number of hydrogen-bond acceptors (Lipinski definition) is 5. The van der Waals surface area contributed by atoms with Gasteiger partial charge in [-0.1, -0.05) is 18.2 Å². The molecule has 0 radical (unpaired) electrons. The maximum Gasteiger partial charge on any atom is 0.222 e. The number of carbonyl (C=O) groups is 1. The van der Waals surface area contributed by atoms with E-state index in [0.29, 0.717) is 12.8 Å². The molecule has 2 aromatic rings. The van der Waals surface area contributed by atoms with Gasteiger partial charge < -0.3 is 20.1 Å². The third kappa shape index (κ3) is 6.97. The Morgan fingerprint density at radius 2 is 1.57 bits per heavy atom. The van der Waals surface area contributed by atoms with Crippen LogP contribution in [0.4, 0.5) is 5.69 Å². The molecule has 1 aliphatic heterocycles. The predicted octanol–water partition coefficient (Wildman–Crippen LogP) is 3.41. The molecule has 1 heterocycles. The molecule has 166 valence electrons. The second-order valence-electron chi connectivity index (χ2n) is 7.08. The van der Waals surface area contributed by atoms with Crippen LogP contribution in [-0.4, -0.2) is 56.1 Å². The quantitative estimate of drug-likeness (QED) is 0.647. The summed E-state index contributed by atoms with van der Waals surface area (Å²) in [6.07, 6.45) is 1.19. The number of rotatable bonds is 7. The van der Waals surface area contributed by atoms with E-state index < -0.39 is 0 Å². The summed E-state index contributed by atoms with van der Waals surface area (Å²) in [6.45, 7) is 4.04. The van der Waals surface area contributed by atoms with Gasteiger partial charge in [0, 0.05) is 50.9 Å². The molecule has 0 spiro atoms. The molecule has 0 aliphatic carbocycles. The predicted molar refractivity (Wildman–Crippen MR) is 125 cm³/mol. The van der Waals surface area contributed by atoms with Gasteiger partial charge in [-0.3, -0.25) is 9.69 Å². The summed E-state index contributed by atoms with van der Waals surface area (Å²) in [5.74, 6) is 1.79. The van der Waals surface area contributed by atoms with Crippen molar-refractivity contribution in [3.05, 3.63) is 53.6 Å². The van der Waals surface area contributed by atoms with E-state index in [0.717, 1.165) is 61.0 Å². The van der Waals surface area contributed by atoms with E-state index in [1.807, 2.05) is 47.4 Å². The number of hydrogen-bond donors (Lipinski definition) is 1. The minimum Gasteiger partial charge on any atom is -0.497 e. The van der Waals surface area contributed by atoms with Gasteiger partial charge in [0.1, 0.15) is 11.5 Å². The molecule has 30 heavy (non-hydrogen) atoms. The van der Waals surface area contributed by atoms with Gasteiger partial charge in [0.15, 0.2) is 0 Å². The minimum absolute atomic E-state index is 0. The summed E-state index contributed by atoms with van der Waals surface area (Å²) in [5.41, 5.74) is 8.92. The standard InChI is InChI=1S/C22H29N3O3.2ClH/c1-27-19-13-17(14-20(15-19)28-2)16-24-9-11-25(12-10-24)22(26)8-7-18-5-3-4-6-21(18)23;;/h3-6,13-15H,7-12,16,23H2,1-2H3;2*1H. The number of carbonyl (C=O) groups excluding carboxylic acids is 1. The van der Waals surface area contributed by atoms with E-state index in [9.17, 15) is 4.79 Å². The third-order valence-corrected chi connectivity index (χ3v) is 5.21. The zero-order chi connectivity index (χ0) is 19.9. The summed E-state index contributed by atoms with van der Waals surface area (Å²) >= 11 is 0. The molecule has 3 rings (SSSR count). The molecular formula is C22H31Cl2N3O3. The number of methoxy groups -OCH3 is 2. The number of ether oxygens (including phenoxy) is 2. The molecule has 0 atom stereocenters. The van der Waals surface area contributed by atoms with Crippen LogP contribution in [0.3, 0.4) is 0 Å². The lowest BCUT2D eigenvalue weighted by atomic mass is 10.1. The van der Waals surface area contributed by atoms with Crippen LogP contribution in [0.15, 0.2) is 42.5 Å². The van der Waals surface area contributed by atoms with E-state index in [1.54, 1.807) is 14.2 Å². The fourth-order valence-electron chi connectivity index (χ4n) is 3.53. The highest BCUT2D eigenvalue weighted by molar-refractivity contribution is 5.85. The van der Waals surface area contributed by atoms with E-state index in [-0.39, 0.29) is 30.7 Å². The van der Waals surface area contributed by atoms with Gasteiger partial charge in [-0.25, -0.2) is 0 Å². The van der Waals surface area contributed by atoms with Crippen molar-refractivity contribution < 1.29 is 14.3 Å². The van der Waals surface area contributed by atoms with Crippen LogP contribution in [0.25, 0.3) is 0 Å². The molecule has 0 aromatic heterocycles. The molecule has 1 aliphatic rings. The molecule has 1 amide bonds. The van der Waals surface area contributed by atoms with E-state index in [2.05, 4.69) is 4.90 Å². The first-order chi connectivity index (χ1) is 13.6. The summed E-state index contributed by atoms with van der Waals surface area (Å²) in [4.78, 5) is 16.9. The Morgan fingerprint density at radius 3 is 2.13 bits per heavy atom. The Morgan fingerprint density at radius 1 is 0.967 bits per heavy atom. The first kappa shape index (κ1) is 25.9. The fraction of sp³-hybridized carbons (Fsp3) is 0.409. The van der Waals surface area contributed by atoms with Crippen molar-refractivity contribution in [1.29, 1.82) is 0 Å². The average molecular weight is 456 g/mol. The van der Waals surface area contributed by atoms with Gasteiger partial charge in [-0.15, -0.1) is 24.8 Å². The lowest BCUT2D eigenvalue weighted by Crippen LogP contribution is -2.48. The summed E-state index contributed by atoms with van der Waals surface area (Å²) in [6, 6.07) is 13.7. The first-order valence-electron chi connectivity index (χ1n) is 9.64. The van der Waals surface area contributed by atoms with Crippen LogP contribution < -0.4 is 15.2 Å². The Labute approximate surface area is 191 Å². The monoisotopic (exact) mass is 455 g/mol. The zero-order valence-corrected chi connectivity index (χ0v) is 19.1. The van der Waals surface area contributed by atoms with Gasteiger partial charge in [-0.05, 0) is 35.7 Å². The molecule has 1 saturated heterocycles. The van der Waals surface area contributed by atoms with Crippen molar-refractivity contribution in [1.82, 2.24) is 9.80 Å². The highest BCUT2D eigenvalue weighted by Crippen LogP contribution is 2.24. The average Bonchev–Trinajstić information content (AvgIpc) is 2.73. The van der Waals surface area contributed by atoms with Crippen molar-refractivity contribution in [2.45, 2.75) is 19.4 Å². The smallest absolute Gasteiger partial charge is 0.222 e. The number of aryl methyl sites for hydroxylation is 1. The molecule has 1 fully saturated rings. The lowest BCUT2D eigenvalue weighted by Gasteiger charge is -2.35. The number of nitrogens with two attached hydrogens (primary N) is 1. The highest BCUT2D eigenvalue weighted by atomic mass is 35.5. The molecule has 2 aromatic carbocycles. The molecule has 0 unspecified atom stereocenters. The Kier molecular flexibility index (Phi) is 10.8. The largest absolute Gasteiger partial charge is 0.497 e. The topological polar surface area (TPSA) is 68.0 Å². The number of para-hydroxylation sites is 1. The third-order valence-electron chi connectivity index (χ3n) is 5.21. The van der Waals surface area contributed by atoms with Gasteiger partial charge in [0.05, 0.1) is 14.2 Å². The fourth-order valence-corrected chi connectivity index (χ4v) is 3.53. The van der Waals surface area contributed by atoms with Crippen LogP contribution in [0.2, 0.25) is 0 Å². The van der Waals surface area contributed by atoms with Crippen molar-refractivity contribution in [3.63, 3.8) is 0 Å². The van der Waals surface area contributed by atoms with E-state index in [1.165, 1.54) is 0 Å². The second-order valence-corrected chi connectivity index (χ2v) is 7.08. The van der Waals surface area contributed by atoms with Gasteiger partial charge in [0.2, 0.25) is 5.91 Å². The minimum atomic E-state index is 0. The number of benzene rings is 2. The SMILES string of the molecule is COc1cc(CN2CCN(C(=O)CCc3ccccc3N)CC2)cc(OC)c1.Cl.Cl. The highest BCUT2D eigenvalue weighted by Gasteiger charge is 2.21. The molecule has 8 heteroatoms. The Hall–Kier alpha value is -2.15. The van der Waals surface area contributed by atoms with Crippen molar-refractivity contribution in [2.24, 2.45) is 0 Å². The van der Waals surface area contributed by atoms with Crippen LogP contribution in [0, 0.1) is 0 Å². The molecular weight excluding hydrogens is 425 g/mol. The van der Waals surface area contributed by atoms with Gasteiger partial charge >= 0.3 is 0 Å². The van der Waals surface area contributed by atoms with Crippen LogP contribution in [-0.2, 0) is 17.8 Å². The second kappa shape index (κ2) is 12.5. The number of anilines is 1. The summed E-state index contributed by atoms with van der Waals surface area (Å²) in [5, 5.41) is 0. The maximum atomic E-state index is 12.5. The van der Waals surface area contributed by atoms with Crippen LogP contribution >= 0.6 is 24.8 Å². The molecule has 2 N–H and O–H groups in total. The van der Waals surface area contributed by atoms with Gasteiger partial charge in [-0.2, -0.15) is 0 Å². The van der Waals surface area contributed by atoms with E-state index >= 15 is 0 Å². The number of amides is 1. The molecule has 0 bridgehead atoms. The summed E-state index contributed by atoms with van der Waals surface area (Å²) in [7, 11) is 3.32. The Bertz CT molecular complexity index is 790. The molecule has 6 nitrogen and oxygen atoms in total. The van der Waals surface area contributed by atoms with Crippen molar-refractivity contribution in [3.8, 4) is 11.5 Å². The number of piperazine rings is 1. The summed E-state index contributed by atoms with van der Waals surface area (Å²) < 4.78 is 10.7. The van der Waals surface area contributed by atoms with Crippen molar-refractivity contribution >= 4 is 36.4 Å². The maximum absolute atomic E-state index is 12.5. The first-order valence-corrected chi connectivity index (χ1v) is 9.64. The van der Waals surface area contributed by atoms with Gasteiger partial charge in [0.25, 0.3) is 0 Å². The number of halogens is 2. The van der Waals surface area contributed by atoms with Crippen LogP contribution in [0.1, 0.15) is 17.5 Å². The number of nitrogens with zero attached hydrogens (tertiary/aromatic N) is 2. The number of nitrogen functional groups attached to an aromatic ring is 1. The Balaban J connectivity index is 0.00000225. The van der Waals surface area contributed by atoms with Crippen molar-refractivity contribution in [2.75, 3.05) is 46.1 Å². The normalized spacial score (nSPS) is 13.7. The lowest BCUT2D eigenvalue weighted by molar-refractivity contribution is -0.132. The van der Waals surface area contributed by atoms with Crippen LogP contribution in [0.5, 0.6) is 11.5 Å². The molecule has 0 saturated carbocycles.